The zero-order chi connectivity index (χ0) is 13.4. The van der Waals surface area contributed by atoms with Crippen molar-refractivity contribution < 1.29 is 8.81 Å². The van der Waals surface area contributed by atoms with E-state index in [0.29, 0.717) is 16.7 Å². The molecule has 0 saturated heterocycles. The van der Waals surface area contributed by atoms with Gasteiger partial charge in [-0.1, -0.05) is 18.2 Å². The Morgan fingerprint density at radius 2 is 1.58 bits per heavy atom. The second kappa shape index (κ2) is 4.35. The minimum Gasteiger partial charge on any atom is -0.422 e. The second-order valence-electron chi connectivity index (χ2n) is 4.40. The van der Waals surface area contributed by atoms with Crippen LogP contribution in [0.4, 0.5) is 4.39 Å². The van der Waals surface area contributed by atoms with E-state index in [2.05, 4.69) is 0 Å². The molecule has 0 aliphatic carbocycles. The first kappa shape index (κ1) is 11.7. The zero-order valence-electron chi connectivity index (χ0n) is 10.3. The summed E-state index contributed by atoms with van der Waals surface area (Å²) in [5, 5.41) is 1.42. The van der Waals surface area contributed by atoms with Crippen molar-refractivity contribution in [3.8, 4) is 11.3 Å². The topological polar surface area (TPSA) is 30.2 Å². The lowest BCUT2D eigenvalue weighted by atomic mass is 10.0. The fraction of sp³-hybridized carbons (Fsp3) is 0.0625. The first-order chi connectivity index (χ1) is 9.16. The molecule has 2 aromatic carbocycles. The second-order valence-corrected chi connectivity index (χ2v) is 4.40. The van der Waals surface area contributed by atoms with Gasteiger partial charge in [-0.3, -0.25) is 0 Å². The molecule has 0 saturated carbocycles. The molecule has 0 aliphatic heterocycles. The van der Waals surface area contributed by atoms with Crippen molar-refractivity contribution in [2.75, 3.05) is 0 Å². The first-order valence-corrected chi connectivity index (χ1v) is 5.95. The molecule has 3 heteroatoms. The summed E-state index contributed by atoms with van der Waals surface area (Å²) in [5.41, 5.74) is 1.20. The van der Waals surface area contributed by atoms with E-state index in [1.807, 2.05) is 19.1 Å². The third-order valence-corrected chi connectivity index (χ3v) is 3.19. The molecule has 0 aliphatic rings. The predicted molar refractivity (Wildman–Crippen MR) is 72.6 cm³/mol. The number of halogens is 1. The number of fused-ring (bicyclic) bond motifs is 1. The van der Waals surface area contributed by atoms with Crippen LogP contribution >= 0.6 is 0 Å². The van der Waals surface area contributed by atoms with E-state index in [0.717, 1.165) is 10.9 Å². The lowest BCUT2D eigenvalue weighted by Crippen LogP contribution is -2.02. The van der Waals surface area contributed by atoms with Crippen LogP contribution in [0.25, 0.3) is 22.1 Å². The van der Waals surface area contributed by atoms with Crippen molar-refractivity contribution in [2.24, 2.45) is 0 Å². The fourth-order valence-electron chi connectivity index (χ4n) is 2.21. The summed E-state index contributed by atoms with van der Waals surface area (Å²) in [6, 6.07) is 13.2. The van der Waals surface area contributed by atoms with E-state index in [9.17, 15) is 9.18 Å². The summed E-state index contributed by atoms with van der Waals surface area (Å²) in [7, 11) is 0. The van der Waals surface area contributed by atoms with Gasteiger partial charge in [-0.15, -0.1) is 0 Å². The van der Waals surface area contributed by atoms with Gasteiger partial charge in [0, 0.05) is 11.1 Å². The minimum absolute atomic E-state index is 0.315. The molecule has 2 nitrogen and oxygen atoms in total. The van der Waals surface area contributed by atoms with Gasteiger partial charge in [-0.25, -0.2) is 9.18 Å². The van der Waals surface area contributed by atoms with Gasteiger partial charge < -0.3 is 4.42 Å². The van der Waals surface area contributed by atoms with E-state index in [1.54, 1.807) is 24.3 Å². The highest BCUT2D eigenvalue weighted by Crippen LogP contribution is 2.27. The zero-order valence-corrected chi connectivity index (χ0v) is 10.3. The molecule has 0 spiro atoms. The molecule has 3 rings (SSSR count). The van der Waals surface area contributed by atoms with Gasteiger partial charge in [-0.05, 0) is 42.6 Å². The van der Waals surface area contributed by atoms with Crippen molar-refractivity contribution in [3.05, 3.63) is 70.3 Å². The number of aryl methyl sites for hydroxylation is 1. The highest BCUT2D eigenvalue weighted by Gasteiger charge is 2.11. The Balaban J connectivity index is 2.33. The molecule has 0 radical (unpaired) electrons. The van der Waals surface area contributed by atoms with Crippen LogP contribution < -0.4 is 5.63 Å². The van der Waals surface area contributed by atoms with Crippen molar-refractivity contribution in [2.45, 2.75) is 6.92 Å². The Morgan fingerprint density at radius 3 is 2.26 bits per heavy atom. The largest absolute Gasteiger partial charge is 0.422 e. The predicted octanol–water partition coefficient (Wildman–Crippen LogP) is 3.91. The quantitative estimate of drug-likeness (QED) is 0.659. The van der Waals surface area contributed by atoms with Gasteiger partial charge in [-0.2, -0.15) is 0 Å². The normalized spacial score (nSPS) is 10.8. The molecular formula is C16H11FO2. The Kier molecular flexibility index (Phi) is 2.67. The maximum absolute atomic E-state index is 12.9. The van der Waals surface area contributed by atoms with Gasteiger partial charge in [0.1, 0.15) is 11.6 Å². The smallest absolute Gasteiger partial charge is 0.344 e. The van der Waals surface area contributed by atoms with Crippen LogP contribution in [0.2, 0.25) is 0 Å². The minimum atomic E-state index is -0.375. The highest BCUT2D eigenvalue weighted by molar-refractivity contribution is 5.88. The van der Waals surface area contributed by atoms with E-state index < -0.39 is 0 Å². The SMILES string of the molecule is Cc1c(-c2ccc(F)cc2)oc(=O)c2ccccc12. The summed E-state index contributed by atoms with van der Waals surface area (Å²) in [6.45, 7) is 1.89. The van der Waals surface area contributed by atoms with E-state index >= 15 is 0 Å². The van der Waals surface area contributed by atoms with Crippen molar-refractivity contribution in [3.63, 3.8) is 0 Å². The molecule has 1 aromatic heterocycles. The average Bonchev–Trinajstić information content (AvgIpc) is 2.44. The molecular weight excluding hydrogens is 243 g/mol. The van der Waals surface area contributed by atoms with Crippen molar-refractivity contribution in [1.82, 2.24) is 0 Å². The summed E-state index contributed by atoms with van der Waals surface area (Å²) >= 11 is 0. The van der Waals surface area contributed by atoms with Gasteiger partial charge >= 0.3 is 5.63 Å². The fourth-order valence-corrected chi connectivity index (χ4v) is 2.21. The maximum atomic E-state index is 12.9. The van der Waals surface area contributed by atoms with Gasteiger partial charge in [0.15, 0.2) is 0 Å². The molecule has 0 bridgehead atoms. The molecule has 3 aromatic rings. The van der Waals surface area contributed by atoms with Gasteiger partial charge in [0.2, 0.25) is 0 Å². The van der Waals surface area contributed by atoms with Crippen molar-refractivity contribution in [1.29, 1.82) is 0 Å². The third-order valence-electron chi connectivity index (χ3n) is 3.19. The highest BCUT2D eigenvalue weighted by atomic mass is 19.1. The monoisotopic (exact) mass is 254 g/mol. The van der Waals surface area contributed by atoms with Gasteiger partial charge in [0.25, 0.3) is 0 Å². The summed E-state index contributed by atoms with van der Waals surface area (Å²) in [5.74, 6) is 0.174. The van der Waals surface area contributed by atoms with E-state index in [4.69, 9.17) is 4.42 Å². The maximum Gasteiger partial charge on any atom is 0.344 e. The molecule has 0 amide bonds. The molecule has 1 heterocycles. The number of benzene rings is 2. The van der Waals surface area contributed by atoms with Crippen LogP contribution in [-0.2, 0) is 0 Å². The Morgan fingerprint density at radius 1 is 0.947 bits per heavy atom. The van der Waals surface area contributed by atoms with Crippen LogP contribution in [0.3, 0.4) is 0 Å². The lowest BCUT2D eigenvalue weighted by Gasteiger charge is -2.07. The Hall–Kier alpha value is -2.42. The van der Waals surface area contributed by atoms with Crippen LogP contribution in [0, 0.1) is 12.7 Å². The molecule has 94 valence electrons. The summed E-state index contributed by atoms with van der Waals surface area (Å²) in [6.07, 6.45) is 0. The molecule has 0 unspecified atom stereocenters. The molecule has 0 fully saturated rings. The van der Waals surface area contributed by atoms with Crippen LogP contribution in [-0.4, -0.2) is 0 Å². The lowest BCUT2D eigenvalue weighted by molar-refractivity contribution is 0.531. The summed E-state index contributed by atoms with van der Waals surface area (Å²) < 4.78 is 18.3. The first-order valence-electron chi connectivity index (χ1n) is 5.95. The van der Waals surface area contributed by atoms with E-state index in [-0.39, 0.29) is 11.4 Å². The third kappa shape index (κ3) is 1.93. The molecule has 0 atom stereocenters. The number of rotatable bonds is 1. The van der Waals surface area contributed by atoms with Crippen LogP contribution in [0.5, 0.6) is 0 Å². The Labute approximate surface area is 109 Å². The van der Waals surface area contributed by atoms with Crippen molar-refractivity contribution >= 4 is 10.8 Å². The standard InChI is InChI=1S/C16H11FO2/c1-10-13-4-2-3-5-14(13)16(18)19-15(10)11-6-8-12(17)9-7-11/h2-9H,1H3. The number of hydrogen-bond acceptors (Lipinski definition) is 2. The number of hydrogen-bond donors (Lipinski definition) is 0. The van der Waals surface area contributed by atoms with E-state index in [1.165, 1.54) is 12.1 Å². The van der Waals surface area contributed by atoms with Gasteiger partial charge in [0.05, 0.1) is 5.39 Å². The van der Waals surface area contributed by atoms with Crippen LogP contribution in [0.1, 0.15) is 5.56 Å². The van der Waals surface area contributed by atoms with Crippen LogP contribution in [0.15, 0.2) is 57.7 Å². The average molecular weight is 254 g/mol. The Bertz CT molecular complexity index is 801. The summed E-state index contributed by atoms with van der Waals surface area (Å²) in [4.78, 5) is 12.0. The molecule has 0 N–H and O–H groups in total. The molecule has 19 heavy (non-hydrogen) atoms.